The highest BCUT2D eigenvalue weighted by Gasteiger charge is 2.41. The molecule has 0 aromatic heterocycles. The third-order valence-corrected chi connectivity index (χ3v) is 3.39. The zero-order valence-electron chi connectivity index (χ0n) is 11.1. The van der Waals surface area contributed by atoms with Crippen LogP contribution in [0.2, 0.25) is 0 Å². The molecule has 1 fully saturated rings. The number of hydrogen-bond acceptors (Lipinski definition) is 2. The minimum atomic E-state index is -0.671. The Morgan fingerprint density at radius 2 is 2.18 bits per heavy atom. The van der Waals surface area contributed by atoms with Gasteiger partial charge in [-0.1, -0.05) is 24.0 Å². The molecular weight excluding hydrogens is 212 g/mol. The molecule has 94 valence electrons. The molecule has 2 heteroatoms. The molecule has 0 bridgehead atoms. The van der Waals surface area contributed by atoms with E-state index >= 15 is 0 Å². The second-order valence-corrected chi connectivity index (χ2v) is 5.09. The van der Waals surface area contributed by atoms with E-state index in [2.05, 4.69) is 25.8 Å². The van der Waals surface area contributed by atoms with Crippen LogP contribution in [-0.4, -0.2) is 11.6 Å². The summed E-state index contributed by atoms with van der Waals surface area (Å²) < 4.78 is 5.47. The van der Waals surface area contributed by atoms with Crippen LogP contribution in [0.5, 0.6) is 0 Å². The highest BCUT2D eigenvalue weighted by Crippen LogP contribution is 2.39. The van der Waals surface area contributed by atoms with Gasteiger partial charge in [0.25, 0.3) is 0 Å². The van der Waals surface area contributed by atoms with E-state index < -0.39 is 5.60 Å². The van der Waals surface area contributed by atoms with Crippen LogP contribution in [0.25, 0.3) is 0 Å². The predicted molar refractivity (Wildman–Crippen MR) is 69.3 cm³/mol. The van der Waals surface area contributed by atoms with Gasteiger partial charge in [-0.3, -0.25) is 4.79 Å². The van der Waals surface area contributed by atoms with Crippen molar-refractivity contribution in [2.24, 2.45) is 5.92 Å². The van der Waals surface area contributed by atoms with E-state index in [1.54, 1.807) is 0 Å². The maximum Gasteiger partial charge on any atom is 0.304 e. The quantitative estimate of drug-likeness (QED) is 0.424. The first-order valence-electron chi connectivity index (χ1n) is 6.31. The number of carbonyl (C=O) groups is 1. The molecule has 0 heterocycles. The van der Waals surface area contributed by atoms with Crippen molar-refractivity contribution in [2.75, 3.05) is 0 Å². The lowest BCUT2D eigenvalue weighted by Crippen LogP contribution is -2.43. The number of ether oxygens (including phenoxy) is 1. The first kappa shape index (κ1) is 13.8. The number of hydrogen-bond donors (Lipinski definition) is 0. The summed E-state index contributed by atoms with van der Waals surface area (Å²) in [7, 11) is 0. The van der Waals surface area contributed by atoms with Crippen molar-refractivity contribution in [2.45, 2.75) is 58.5 Å². The van der Waals surface area contributed by atoms with Crippen LogP contribution in [-0.2, 0) is 9.53 Å². The molecule has 0 aromatic carbocycles. The van der Waals surface area contributed by atoms with Gasteiger partial charge in [-0.15, -0.1) is 6.42 Å². The monoisotopic (exact) mass is 234 g/mol. The Bertz CT molecular complexity index is 344. The van der Waals surface area contributed by atoms with Gasteiger partial charge in [-0.05, 0) is 39.5 Å². The normalized spacial score (nSPS) is 28.0. The molecular formula is C15H22O2. The average molecular weight is 234 g/mol. The summed E-state index contributed by atoms with van der Waals surface area (Å²) in [6, 6.07) is 0. The number of allylic oxidation sites excluding steroid dienone is 2. The molecule has 0 aromatic rings. The third kappa shape index (κ3) is 3.63. The molecule has 1 aliphatic rings. The number of terminal acetylenes is 1. The van der Waals surface area contributed by atoms with Gasteiger partial charge in [0.05, 0.1) is 0 Å². The smallest absolute Gasteiger partial charge is 0.304 e. The minimum absolute atomic E-state index is 0.264. The predicted octanol–water partition coefficient (Wildman–Crippen LogP) is 3.47. The molecule has 1 aliphatic carbocycles. The van der Waals surface area contributed by atoms with Crippen molar-refractivity contribution in [1.82, 2.24) is 0 Å². The standard InChI is InChI=1S/C15H22O2/c1-5-15(17-13(4)16)11-7-6-8-14(15)10-9-12(2)3/h1,9,14H,6-8,10-11H2,2-4H3/t14-,15-/m0/s1. The molecule has 0 N–H and O–H groups in total. The summed E-state index contributed by atoms with van der Waals surface area (Å²) in [6.07, 6.45) is 12.8. The van der Waals surface area contributed by atoms with Gasteiger partial charge >= 0.3 is 5.97 Å². The summed E-state index contributed by atoms with van der Waals surface area (Å²) in [4.78, 5) is 11.2. The Kier molecular flexibility index (Phi) is 4.81. The van der Waals surface area contributed by atoms with Crippen LogP contribution in [0.3, 0.4) is 0 Å². The van der Waals surface area contributed by atoms with Crippen LogP contribution >= 0.6 is 0 Å². The highest BCUT2D eigenvalue weighted by atomic mass is 16.6. The van der Waals surface area contributed by atoms with Gasteiger partial charge in [0.1, 0.15) is 0 Å². The average Bonchev–Trinajstić information content (AvgIpc) is 2.26. The lowest BCUT2D eigenvalue weighted by atomic mass is 9.74. The number of rotatable bonds is 3. The Morgan fingerprint density at radius 1 is 1.47 bits per heavy atom. The lowest BCUT2D eigenvalue weighted by molar-refractivity contribution is -0.158. The van der Waals surface area contributed by atoms with Crippen molar-refractivity contribution < 1.29 is 9.53 Å². The summed E-state index contributed by atoms with van der Waals surface area (Å²) in [5.41, 5.74) is 0.611. The van der Waals surface area contributed by atoms with Gasteiger partial charge < -0.3 is 4.74 Å². The van der Waals surface area contributed by atoms with Crippen molar-refractivity contribution in [3.63, 3.8) is 0 Å². The lowest BCUT2D eigenvalue weighted by Gasteiger charge is -2.39. The summed E-state index contributed by atoms with van der Waals surface area (Å²) in [5, 5.41) is 0. The topological polar surface area (TPSA) is 26.3 Å². The van der Waals surface area contributed by atoms with Crippen molar-refractivity contribution in [3.8, 4) is 12.3 Å². The van der Waals surface area contributed by atoms with Crippen LogP contribution in [0.1, 0.15) is 52.9 Å². The molecule has 1 saturated carbocycles. The van der Waals surface area contributed by atoms with E-state index in [9.17, 15) is 4.79 Å². The Balaban J connectivity index is 2.85. The molecule has 0 radical (unpaired) electrons. The molecule has 0 amide bonds. The highest BCUT2D eigenvalue weighted by molar-refractivity contribution is 5.67. The fourth-order valence-corrected chi connectivity index (χ4v) is 2.51. The third-order valence-electron chi connectivity index (χ3n) is 3.39. The largest absolute Gasteiger partial charge is 0.446 e. The van der Waals surface area contributed by atoms with Gasteiger partial charge in [-0.25, -0.2) is 0 Å². The molecule has 0 saturated heterocycles. The Hall–Kier alpha value is -1.23. The first-order valence-corrected chi connectivity index (χ1v) is 6.31. The van der Waals surface area contributed by atoms with Crippen molar-refractivity contribution in [3.05, 3.63) is 11.6 Å². The van der Waals surface area contributed by atoms with Crippen LogP contribution < -0.4 is 0 Å². The minimum Gasteiger partial charge on any atom is -0.446 e. The fraction of sp³-hybridized carbons (Fsp3) is 0.667. The van der Waals surface area contributed by atoms with Gasteiger partial charge in [0.2, 0.25) is 0 Å². The molecule has 2 nitrogen and oxygen atoms in total. The molecule has 0 aliphatic heterocycles. The van der Waals surface area contributed by atoms with Crippen LogP contribution in [0.15, 0.2) is 11.6 Å². The van der Waals surface area contributed by atoms with Gasteiger partial charge in [-0.2, -0.15) is 0 Å². The van der Waals surface area contributed by atoms with Gasteiger partial charge in [0, 0.05) is 12.8 Å². The van der Waals surface area contributed by atoms with E-state index in [0.29, 0.717) is 0 Å². The zero-order valence-corrected chi connectivity index (χ0v) is 11.1. The van der Waals surface area contributed by atoms with E-state index in [1.807, 2.05) is 0 Å². The summed E-state index contributed by atoms with van der Waals surface area (Å²) in [5.74, 6) is 2.74. The van der Waals surface area contributed by atoms with Crippen molar-refractivity contribution >= 4 is 5.97 Å². The molecule has 1 rings (SSSR count). The zero-order chi connectivity index (χ0) is 12.9. The van der Waals surface area contributed by atoms with E-state index in [1.165, 1.54) is 18.9 Å². The van der Waals surface area contributed by atoms with Crippen LogP contribution in [0, 0.1) is 18.3 Å². The summed E-state index contributed by atoms with van der Waals surface area (Å²) in [6.45, 7) is 5.59. The summed E-state index contributed by atoms with van der Waals surface area (Å²) >= 11 is 0. The molecule has 0 unspecified atom stereocenters. The molecule has 17 heavy (non-hydrogen) atoms. The maximum atomic E-state index is 11.2. The van der Waals surface area contributed by atoms with E-state index in [-0.39, 0.29) is 11.9 Å². The second-order valence-electron chi connectivity index (χ2n) is 5.09. The molecule has 0 spiro atoms. The number of esters is 1. The SMILES string of the molecule is C#C[C@]1(OC(C)=O)CCCC[C@H]1CC=C(C)C. The Morgan fingerprint density at radius 3 is 2.71 bits per heavy atom. The fourth-order valence-electron chi connectivity index (χ4n) is 2.51. The first-order chi connectivity index (χ1) is 8.00. The van der Waals surface area contributed by atoms with E-state index in [4.69, 9.17) is 11.2 Å². The van der Waals surface area contributed by atoms with Crippen LogP contribution in [0.4, 0.5) is 0 Å². The van der Waals surface area contributed by atoms with E-state index in [0.717, 1.165) is 25.7 Å². The second kappa shape index (κ2) is 5.91. The number of carbonyl (C=O) groups excluding carboxylic acids is 1. The maximum absolute atomic E-state index is 11.2. The van der Waals surface area contributed by atoms with Crippen molar-refractivity contribution in [1.29, 1.82) is 0 Å². The van der Waals surface area contributed by atoms with Gasteiger partial charge in [0.15, 0.2) is 5.60 Å². The molecule has 2 atom stereocenters. The Labute approximate surface area is 104 Å².